The van der Waals surface area contributed by atoms with Crippen LogP contribution in [0.2, 0.25) is 0 Å². The second-order valence-electron chi connectivity index (χ2n) is 8.35. The third-order valence-corrected chi connectivity index (χ3v) is 7.65. The van der Waals surface area contributed by atoms with E-state index < -0.39 is 0 Å². The third-order valence-electron chi connectivity index (χ3n) is 7.65. The van der Waals surface area contributed by atoms with Crippen molar-refractivity contribution in [3.63, 3.8) is 0 Å². The molecule has 23 heavy (non-hydrogen) atoms. The molecule has 4 aliphatic carbocycles. The average Bonchev–Trinajstić information content (AvgIpc) is 2.76. The van der Waals surface area contributed by atoms with Crippen LogP contribution < -0.4 is 12.4 Å². The summed E-state index contributed by atoms with van der Waals surface area (Å²) < 4.78 is 0. The van der Waals surface area contributed by atoms with Crippen LogP contribution in [0, 0.1) is 34.5 Å². The van der Waals surface area contributed by atoms with Crippen LogP contribution >= 0.6 is 0 Å². The van der Waals surface area contributed by atoms with Crippen LogP contribution in [-0.2, 0) is 37.6 Å². The Balaban J connectivity index is 0.000000960. The minimum absolute atomic E-state index is 0. The van der Waals surface area contributed by atoms with Crippen molar-refractivity contribution in [2.24, 2.45) is 34.5 Å². The molecule has 2 nitrogen and oxygen atoms in total. The molecule has 4 heteroatoms. The minimum atomic E-state index is -0.0394. The number of ketones is 1. The van der Waals surface area contributed by atoms with Gasteiger partial charge >= 0.3 is 27.7 Å². The number of rotatable bonds is 0. The Labute approximate surface area is 166 Å². The average molecular weight is 521 g/mol. The van der Waals surface area contributed by atoms with Gasteiger partial charge in [0.2, 0.25) is 0 Å². The van der Waals surface area contributed by atoms with Crippen LogP contribution in [-0.4, -0.2) is 5.78 Å². The van der Waals surface area contributed by atoms with Gasteiger partial charge in [-0.1, -0.05) is 19.6 Å². The first-order valence-electron chi connectivity index (χ1n) is 8.62. The number of allylic oxidation sites excluding steroid dienone is 1. The summed E-state index contributed by atoms with van der Waals surface area (Å²) in [5.41, 5.74) is 3.11. The van der Waals surface area contributed by atoms with Gasteiger partial charge in [0.1, 0.15) is 5.78 Å². The molecule has 0 N–H and O–H groups in total. The van der Waals surface area contributed by atoms with Crippen molar-refractivity contribution in [3.8, 4) is 0 Å². The molecule has 0 saturated heterocycles. The zero-order valence-corrected chi connectivity index (χ0v) is 20.5. The van der Waals surface area contributed by atoms with E-state index in [4.69, 9.17) is 0 Å². The Morgan fingerprint density at radius 1 is 1.13 bits per heavy atom. The van der Waals surface area contributed by atoms with Crippen LogP contribution in [0.4, 0.5) is 0 Å². The summed E-state index contributed by atoms with van der Waals surface area (Å²) in [4.78, 5) is 12.3. The van der Waals surface area contributed by atoms with Gasteiger partial charge in [0, 0.05) is 18.3 Å². The van der Waals surface area contributed by atoms with Crippen molar-refractivity contribution >= 4 is 5.78 Å². The zero-order chi connectivity index (χ0) is 14.8. The van der Waals surface area contributed by atoms with Crippen LogP contribution in [0.25, 0.3) is 0 Å². The van der Waals surface area contributed by atoms with Crippen molar-refractivity contribution in [2.75, 3.05) is 0 Å². The summed E-state index contributed by atoms with van der Waals surface area (Å²) in [6.45, 7) is 4.58. The SMILES string of the molecule is C[C@]12C=C=C([O])C[C@@H]1CC[C@@H]1[C@@H]2CC[C@]2(C)C(=O)CC[C@@H]12.[Cl-].[Hg+]. The number of carbonyl (C=O) groups is 1. The van der Waals surface area contributed by atoms with E-state index in [9.17, 15) is 9.90 Å². The summed E-state index contributed by atoms with van der Waals surface area (Å²) >= 11 is 0. The first kappa shape index (κ1) is 19.5. The quantitative estimate of drug-likeness (QED) is 0.350. The molecule has 0 bridgehead atoms. The predicted octanol–water partition coefficient (Wildman–Crippen LogP) is 1.29. The fourth-order valence-corrected chi connectivity index (χ4v) is 6.31. The molecule has 0 aliphatic heterocycles. The third kappa shape index (κ3) is 2.68. The zero-order valence-electron chi connectivity index (χ0n) is 14.2. The van der Waals surface area contributed by atoms with Gasteiger partial charge in [-0.25, -0.2) is 0 Å². The number of carbonyl (C=O) groups excluding carboxylic acids is 1. The summed E-state index contributed by atoms with van der Waals surface area (Å²) in [5, 5.41) is 11.7. The van der Waals surface area contributed by atoms with Gasteiger partial charge in [-0.05, 0) is 67.3 Å². The van der Waals surface area contributed by atoms with Crippen molar-refractivity contribution in [1.29, 1.82) is 0 Å². The molecular formula is C19H25ClHgO2. The topological polar surface area (TPSA) is 37.0 Å². The van der Waals surface area contributed by atoms with E-state index >= 15 is 0 Å². The Morgan fingerprint density at radius 3 is 2.61 bits per heavy atom. The second kappa shape index (κ2) is 6.50. The van der Waals surface area contributed by atoms with Crippen LogP contribution in [0.1, 0.15) is 58.8 Å². The Morgan fingerprint density at radius 2 is 1.87 bits per heavy atom. The summed E-state index contributed by atoms with van der Waals surface area (Å²) in [5.74, 6) is 3.14. The Kier molecular flexibility index (Phi) is 5.52. The maximum Gasteiger partial charge on any atom is 1.00 e. The van der Waals surface area contributed by atoms with Gasteiger partial charge in [-0.15, -0.1) is 0 Å². The molecule has 0 aromatic heterocycles. The van der Waals surface area contributed by atoms with E-state index in [-0.39, 0.29) is 56.7 Å². The van der Waals surface area contributed by atoms with E-state index in [1.807, 2.05) is 0 Å². The number of hydrogen-bond donors (Lipinski definition) is 0. The smallest absolute Gasteiger partial charge is 1.00 e. The van der Waals surface area contributed by atoms with Crippen LogP contribution in [0.5, 0.6) is 0 Å². The summed E-state index contributed by atoms with van der Waals surface area (Å²) in [7, 11) is 0. The number of fused-ring (bicyclic) bond motifs is 5. The molecule has 6 atom stereocenters. The molecule has 4 rings (SSSR count). The van der Waals surface area contributed by atoms with Crippen LogP contribution in [0.3, 0.4) is 0 Å². The molecule has 3 saturated carbocycles. The standard InChI is InChI=1S/C19H25O2.ClH.Hg/c1-18-9-7-13(20)11-12(18)3-4-14-15-5-6-17(21)19(15,2)10-8-16(14)18;;/h9,12,14-16H,3-6,8,10-11H2,1-2H3;1H;/q;;+1/p-1/t12-,14-,15-,16-,18-,19-;;/m0../s1. The molecule has 122 valence electrons. The van der Waals surface area contributed by atoms with Gasteiger partial charge in [-0.2, -0.15) is 0 Å². The normalized spacial score (nSPS) is 47.4. The molecule has 0 spiro atoms. The van der Waals surface area contributed by atoms with Gasteiger partial charge in [-0.3, -0.25) is 9.90 Å². The molecule has 0 heterocycles. The molecule has 2 radical (unpaired) electrons. The second-order valence-corrected chi connectivity index (χ2v) is 8.35. The molecule has 0 unspecified atom stereocenters. The van der Waals surface area contributed by atoms with Crippen molar-refractivity contribution in [3.05, 3.63) is 17.6 Å². The molecule has 0 amide bonds. The van der Waals surface area contributed by atoms with Crippen molar-refractivity contribution < 1.29 is 50.0 Å². The number of hydrogen-bond acceptors (Lipinski definition) is 1. The maximum absolute atomic E-state index is 12.3. The van der Waals surface area contributed by atoms with E-state index in [0.29, 0.717) is 35.9 Å². The van der Waals surface area contributed by atoms with Gasteiger partial charge in [0.25, 0.3) is 0 Å². The fourth-order valence-electron chi connectivity index (χ4n) is 6.31. The van der Waals surface area contributed by atoms with Gasteiger partial charge < -0.3 is 12.4 Å². The number of Topliss-reactive ketones (excluding diaryl/α,β-unsaturated/α-hetero) is 1. The minimum Gasteiger partial charge on any atom is -1.00 e. The fraction of sp³-hybridized carbons (Fsp3) is 0.789. The van der Waals surface area contributed by atoms with Gasteiger partial charge in [0.05, 0.1) is 0 Å². The van der Waals surface area contributed by atoms with E-state index in [2.05, 4.69) is 25.7 Å². The molecule has 4 aliphatic rings. The largest absolute Gasteiger partial charge is 1.00 e. The van der Waals surface area contributed by atoms with E-state index in [1.165, 1.54) is 6.42 Å². The van der Waals surface area contributed by atoms with Crippen molar-refractivity contribution in [1.82, 2.24) is 0 Å². The van der Waals surface area contributed by atoms with Gasteiger partial charge in [0.15, 0.2) is 5.76 Å². The molecule has 3 fully saturated rings. The van der Waals surface area contributed by atoms with E-state index in [1.54, 1.807) is 0 Å². The first-order chi connectivity index (χ1) is 9.95. The van der Waals surface area contributed by atoms with Crippen LogP contribution in [0.15, 0.2) is 17.6 Å². The summed E-state index contributed by atoms with van der Waals surface area (Å²) in [6, 6.07) is 0. The molecule has 0 aromatic carbocycles. The monoisotopic (exact) mass is 522 g/mol. The Hall–Kier alpha value is 0.215. The maximum atomic E-state index is 12.3. The first-order valence-corrected chi connectivity index (χ1v) is 8.62. The molecular weight excluding hydrogens is 496 g/mol. The van der Waals surface area contributed by atoms with E-state index in [0.717, 1.165) is 32.1 Å². The predicted molar refractivity (Wildman–Crippen MR) is 79.8 cm³/mol. The number of halogens is 1. The Bertz CT molecular complexity index is 568. The molecule has 0 aromatic rings. The summed E-state index contributed by atoms with van der Waals surface area (Å²) in [6.07, 6.45) is 9.29. The van der Waals surface area contributed by atoms with Crippen molar-refractivity contribution in [2.45, 2.75) is 58.8 Å².